The number of hydrogen-bond acceptors (Lipinski definition) is 13. The predicted molar refractivity (Wildman–Crippen MR) is 146 cm³/mol. The summed E-state index contributed by atoms with van der Waals surface area (Å²) in [6.07, 6.45) is -5.36. The third-order valence-corrected chi connectivity index (χ3v) is 6.52. The van der Waals surface area contributed by atoms with Crippen LogP contribution in [0.1, 0.15) is 31.7 Å². The SMILES string of the molecule is CC(=O)OCc1ccc(O[C@H]2C[C@@H](O)[C@@H](O)[C@@H](CO)O2)c(NC(=O)CCNC(=O)COCCNC(=O)CCS(=O)(=O)O)c1. The largest absolute Gasteiger partial charge is 0.463 e. The molecule has 1 saturated heterocycles. The van der Waals surface area contributed by atoms with Gasteiger partial charge in [0.15, 0.2) is 0 Å². The van der Waals surface area contributed by atoms with Gasteiger partial charge in [-0.2, -0.15) is 8.42 Å². The topological polar surface area (TPSA) is 256 Å². The zero-order chi connectivity index (χ0) is 32.0. The number of carbonyl (C=O) groups excluding carboxylic acids is 4. The zero-order valence-electron chi connectivity index (χ0n) is 23.4. The van der Waals surface area contributed by atoms with Gasteiger partial charge in [-0.15, -0.1) is 0 Å². The minimum atomic E-state index is -4.25. The van der Waals surface area contributed by atoms with Crippen LogP contribution in [0.2, 0.25) is 0 Å². The fourth-order valence-electron chi connectivity index (χ4n) is 3.65. The molecule has 0 unspecified atom stereocenters. The fourth-order valence-corrected chi connectivity index (χ4v) is 4.10. The summed E-state index contributed by atoms with van der Waals surface area (Å²) >= 11 is 0. The number of nitrogens with one attached hydrogen (secondary N) is 3. The Bertz CT molecular complexity index is 1210. The van der Waals surface area contributed by atoms with Crippen molar-refractivity contribution >= 4 is 39.5 Å². The molecule has 0 radical (unpaired) electrons. The van der Waals surface area contributed by atoms with Crippen LogP contribution in [0.25, 0.3) is 0 Å². The summed E-state index contributed by atoms with van der Waals surface area (Å²) in [5, 5.41) is 36.9. The molecule has 1 aliphatic rings. The molecule has 0 spiro atoms. The first-order valence-electron chi connectivity index (χ1n) is 13.2. The van der Waals surface area contributed by atoms with Gasteiger partial charge in [-0.3, -0.25) is 23.7 Å². The van der Waals surface area contributed by atoms with Gasteiger partial charge in [-0.1, -0.05) is 6.07 Å². The maximum atomic E-state index is 12.6. The summed E-state index contributed by atoms with van der Waals surface area (Å²) in [5.41, 5.74) is 0.693. The Balaban J connectivity index is 1.84. The molecule has 1 aromatic rings. The van der Waals surface area contributed by atoms with Crippen LogP contribution in [0, 0.1) is 0 Å². The minimum absolute atomic E-state index is 0.00696. The number of hydrogen-bond donors (Lipinski definition) is 7. The normalized spacial score (nSPS) is 20.1. The van der Waals surface area contributed by atoms with Crippen molar-refractivity contribution in [2.75, 3.05) is 44.0 Å². The monoisotopic (exact) mass is 635 g/mol. The van der Waals surface area contributed by atoms with Crippen molar-refractivity contribution in [3.8, 4) is 5.75 Å². The maximum absolute atomic E-state index is 12.6. The lowest BCUT2D eigenvalue weighted by atomic mass is 10.0. The quantitative estimate of drug-likeness (QED) is 0.0545. The first-order valence-corrected chi connectivity index (χ1v) is 14.8. The Hall–Kier alpha value is -3.39. The minimum Gasteiger partial charge on any atom is -0.463 e. The highest BCUT2D eigenvalue weighted by molar-refractivity contribution is 7.85. The molecule has 0 saturated carbocycles. The Labute approximate surface area is 247 Å². The van der Waals surface area contributed by atoms with Crippen LogP contribution < -0.4 is 20.7 Å². The number of benzene rings is 1. The highest BCUT2D eigenvalue weighted by atomic mass is 32.2. The fraction of sp³-hybridized carbons (Fsp3) is 0.600. The molecule has 7 N–H and O–H groups in total. The van der Waals surface area contributed by atoms with E-state index in [1.54, 1.807) is 6.07 Å². The second-order valence-electron chi connectivity index (χ2n) is 9.40. The van der Waals surface area contributed by atoms with Crippen molar-refractivity contribution in [2.45, 2.75) is 57.4 Å². The molecular weight excluding hydrogens is 598 g/mol. The second-order valence-corrected chi connectivity index (χ2v) is 11.0. The van der Waals surface area contributed by atoms with Crippen molar-refractivity contribution in [1.82, 2.24) is 10.6 Å². The van der Waals surface area contributed by atoms with Gasteiger partial charge in [0.05, 0.1) is 30.8 Å². The van der Waals surface area contributed by atoms with Crippen molar-refractivity contribution in [3.63, 3.8) is 0 Å². The van der Waals surface area contributed by atoms with Crippen LogP contribution in [-0.2, 0) is 50.1 Å². The maximum Gasteiger partial charge on any atom is 0.302 e. The Morgan fingerprint density at radius 3 is 2.44 bits per heavy atom. The van der Waals surface area contributed by atoms with Gasteiger partial charge in [0, 0.05) is 39.3 Å². The lowest BCUT2D eigenvalue weighted by Crippen LogP contribution is -2.51. The van der Waals surface area contributed by atoms with E-state index in [9.17, 15) is 42.9 Å². The third-order valence-electron chi connectivity index (χ3n) is 5.80. The molecule has 17 nitrogen and oxygen atoms in total. The molecule has 4 atom stereocenters. The predicted octanol–water partition coefficient (Wildman–Crippen LogP) is -2.19. The molecular formula is C25H37N3O14S. The number of carbonyl (C=O) groups is 4. The van der Waals surface area contributed by atoms with E-state index in [4.69, 9.17) is 23.5 Å². The number of anilines is 1. The van der Waals surface area contributed by atoms with Crippen LogP contribution >= 0.6 is 0 Å². The summed E-state index contributed by atoms with van der Waals surface area (Å²) in [5.74, 6) is -2.75. The molecule has 242 valence electrons. The number of esters is 1. The second kappa shape index (κ2) is 17.7. The molecule has 0 bridgehead atoms. The lowest BCUT2D eigenvalue weighted by molar-refractivity contribution is -0.229. The van der Waals surface area contributed by atoms with Crippen LogP contribution in [0.4, 0.5) is 5.69 Å². The molecule has 3 amide bonds. The van der Waals surface area contributed by atoms with Crippen LogP contribution in [-0.4, -0.2) is 115 Å². The van der Waals surface area contributed by atoms with E-state index in [1.807, 2.05) is 0 Å². The summed E-state index contributed by atoms with van der Waals surface area (Å²) in [7, 11) is -4.25. The Kier molecular flexibility index (Phi) is 14.7. The Morgan fingerprint density at radius 2 is 1.77 bits per heavy atom. The van der Waals surface area contributed by atoms with E-state index in [-0.39, 0.29) is 57.2 Å². The van der Waals surface area contributed by atoms with Gasteiger partial charge in [-0.25, -0.2) is 0 Å². The number of rotatable bonds is 17. The van der Waals surface area contributed by atoms with Crippen LogP contribution in [0.15, 0.2) is 18.2 Å². The molecule has 1 fully saturated rings. The number of ether oxygens (including phenoxy) is 4. The summed E-state index contributed by atoms with van der Waals surface area (Å²) in [4.78, 5) is 47.2. The van der Waals surface area contributed by atoms with E-state index >= 15 is 0 Å². The first kappa shape index (κ1) is 35.8. The van der Waals surface area contributed by atoms with E-state index in [2.05, 4.69) is 16.0 Å². The third kappa shape index (κ3) is 14.1. The molecule has 43 heavy (non-hydrogen) atoms. The van der Waals surface area contributed by atoms with Crippen molar-refractivity contribution in [2.24, 2.45) is 0 Å². The summed E-state index contributed by atoms with van der Waals surface area (Å²) < 4.78 is 51.2. The summed E-state index contributed by atoms with van der Waals surface area (Å²) in [6.45, 7) is 0.139. The standard InChI is InChI=1S/C25H37N3O14S/c1-15(30)40-13-16-2-3-19(41-24-11-18(31)25(35)20(12-29)42-24)17(10-16)28-22(33)4-6-26-23(34)14-39-8-7-27-21(32)5-9-43(36,37)38/h2-3,10,18,20,24-25,29,31,35H,4-9,11-14H2,1H3,(H,26,34)(H,27,32)(H,28,33)(H,36,37,38)/t18-,20-,24-,25-/m1/s1. The summed E-state index contributed by atoms with van der Waals surface area (Å²) in [6, 6.07) is 4.57. The average Bonchev–Trinajstić information content (AvgIpc) is 2.93. The Morgan fingerprint density at radius 1 is 1.05 bits per heavy atom. The molecule has 0 aliphatic carbocycles. The van der Waals surface area contributed by atoms with Gasteiger partial charge in [0.2, 0.25) is 24.0 Å². The van der Waals surface area contributed by atoms with Crippen molar-refractivity contribution in [1.29, 1.82) is 0 Å². The van der Waals surface area contributed by atoms with E-state index < -0.39 is 77.2 Å². The molecule has 1 aliphatic heterocycles. The first-order chi connectivity index (χ1) is 20.3. The van der Waals surface area contributed by atoms with Crippen LogP contribution in [0.3, 0.4) is 0 Å². The zero-order valence-corrected chi connectivity index (χ0v) is 24.2. The van der Waals surface area contributed by atoms with Gasteiger partial charge in [-0.05, 0) is 17.7 Å². The molecule has 2 rings (SSSR count). The van der Waals surface area contributed by atoms with Gasteiger partial charge in [0.25, 0.3) is 10.1 Å². The average molecular weight is 636 g/mol. The molecule has 0 aromatic heterocycles. The highest BCUT2D eigenvalue weighted by Gasteiger charge is 2.37. The van der Waals surface area contributed by atoms with Gasteiger partial charge < -0.3 is 50.2 Å². The smallest absolute Gasteiger partial charge is 0.302 e. The molecule has 1 aromatic carbocycles. The van der Waals surface area contributed by atoms with E-state index in [1.165, 1.54) is 19.1 Å². The van der Waals surface area contributed by atoms with E-state index in [0.29, 0.717) is 5.56 Å². The van der Waals surface area contributed by atoms with Crippen molar-refractivity contribution < 1.29 is 66.4 Å². The number of aliphatic hydroxyl groups is 3. The molecule has 1 heterocycles. The number of amides is 3. The van der Waals surface area contributed by atoms with Gasteiger partial charge >= 0.3 is 5.97 Å². The van der Waals surface area contributed by atoms with E-state index in [0.717, 1.165) is 0 Å². The lowest BCUT2D eigenvalue weighted by Gasteiger charge is -2.36. The molecule has 18 heteroatoms. The highest BCUT2D eigenvalue weighted by Crippen LogP contribution is 2.30. The number of aliphatic hydroxyl groups excluding tert-OH is 3. The van der Waals surface area contributed by atoms with Gasteiger partial charge in [0.1, 0.15) is 31.2 Å². The van der Waals surface area contributed by atoms with Crippen LogP contribution in [0.5, 0.6) is 5.75 Å². The van der Waals surface area contributed by atoms with Crippen molar-refractivity contribution in [3.05, 3.63) is 23.8 Å².